The van der Waals surface area contributed by atoms with Gasteiger partial charge in [0.15, 0.2) is 0 Å². The van der Waals surface area contributed by atoms with Gasteiger partial charge in [-0.2, -0.15) is 5.26 Å². The summed E-state index contributed by atoms with van der Waals surface area (Å²) in [5, 5.41) is 21.4. The number of hydrogen-bond acceptors (Lipinski definition) is 4. The van der Waals surface area contributed by atoms with Gasteiger partial charge in [0.2, 0.25) is 0 Å². The molecule has 100 valence electrons. The maximum absolute atomic E-state index is 11.0. The Balaban J connectivity index is 2.11. The van der Waals surface area contributed by atoms with Gasteiger partial charge in [0, 0.05) is 11.7 Å². The molecule has 1 aromatic heterocycles. The van der Waals surface area contributed by atoms with Crippen LogP contribution < -0.4 is 5.32 Å². The molecule has 2 unspecified atom stereocenters. The highest BCUT2D eigenvalue weighted by Crippen LogP contribution is 2.27. The van der Waals surface area contributed by atoms with Crippen molar-refractivity contribution >= 4 is 11.8 Å². The molecule has 2 rings (SSSR count). The molecule has 0 aliphatic heterocycles. The second kappa shape index (κ2) is 5.70. The van der Waals surface area contributed by atoms with E-state index in [1.807, 2.05) is 6.92 Å². The number of aliphatic carboxylic acids is 1. The first-order valence-electron chi connectivity index (χ1n) is 6.47. The fourth-order valence-electron chi connectivity index (χ4n) is 2.50. The summed E-state index contributed by atoms with van der Waals surface area (Å²) >= 11 is 0. The predicted molar refractivity (Wildman–Crippen MR) is 70.7 cm³/mol. The van der Waals surface area contributed by atoms with E-state index in [-0.39, 0.29) is 12.0 Å². The van der Waals surface area contributed by atoms with Gasteiger partial charge in [-0.25, -0.2) is 4.98 Å². The quantitative estimate of drug-likeness (QED) is 0.870. The van der Waals surface area contributed by atoms with Crippen molar-refractivity contribution in [3.63, 3.8) is 0 Å². The second-order valence-corrected chi connectivity index (χ2v) is 5.00. The Kier molecular flexibility index (Phi) is 4.00. The number of carboxylic acid groups (broad SMARTS) is 1. The summed E-state index contributed by atoms with van der Waals surface area (Å²) in [6, 6.07) is 5.72. The maximum Gasteiger partial charge on any atom is 0.306 e. The van der Waals surface area contributed by atoms with Crippen LogP contribution in [0.4, 0.5) is 5.82 Å². The monoisotopic (exact) mass is 259 g/mol. The van der Waals surface area contributed by atoms with Crippen LogP contribution in [0.2, 0.25) is 0 Å². The number of rotatable bonds is 3. The Morgan fingerprint density at radius 1 is 1.53 bits per heavy atom. The zero-order valence-corrected chi connectivity index (χ0v) is 10.9. The van der Waals surface area contributed by atoms with Crippen molar-refractivity contribution in [1.82, 2.24) is 4.98 Å². The number of nitrogens with zero attached hydrogens (tertiary/aromatic N) is 2. The molecule has 0 aromatic carbocycles. The smallest absolute Gasteiger partial charge is 0.306 e. The van der Waals surface area contributed by atoms with Gasteiger partial charge < -0.3 is 10.4 Å². The van der Waals surface area contributed by atoms with E-state index in [1.165, 1.54) is 0 Å². The Morgan fingerprint density at radius 3 is 3.00 bits per heavy atom. The fraction of sp³-hybridized carbons (Fsp3) is 0.500. The SMILES string of the molecule is Cc1ccc(C#N)c(NC2CCCC(C(=O)O)C2)n1. The van der Waals surface area contributed by atoms with E-state index in [1.54, 1.807) is 12.1 Å². The van der Waals surface area contributed by atoms with Crippen LogP contribution in [0.25, 0.3) is 0 Å². The zero-order chi connectivity index (χ0) is 13.8. The molecular weight excluding hydrogens is 242 g/mol. The Hall–Kier alpha value is -2.09. The average molecular weight is 259 g/mol. The van der Waals surface area contributed by atoms with Crippen molar-refractivity contribution in [1.29, 1.82) is 5.26 Å². The number of hydrogen-bond donors (Lipinski definition) is 2. The minimum absolute atomic E-state index is 0.0799. The fourth-order valence-corrected chi connectivity index (χ4v) is 2.50. The van der Waals surface area contributed by atoms with Gasteiger partial charge in [0.1, 0.15) is 11.9 Å². The van der Waals surface area contributed by atoms with E-state index in [0.717, 1.165) is 25.0 Å². The molecule has 1 aromatic rings. The third kappa shape index (κ3) is 3.22. The molecule has 1 fully saturated rings. The molecule has 0 bridgehead atoms. The van der Waals surface area contributed by atoms with Gasteiger partial charge in [-0.15, -0.1) is 0 Å². The van der Waals surface area contributed by atoms with Crippen molar-refractivity contribution in [2.75, 3.05) is 5.32 Å². The van der Waals surface area contributed by atoms with Gasteiger partial charge in [0.05, 0.1) is 11.5 Å². The lowest BCUT2D eigenvalue weighted by atomic mass is 9.86. The van der Waals surface area contributed by atoms with E-state index in [0.29, 0.717) is 17.8 Å². The molecule has 1 aliphatic rings. The van der Waals surface area contributed by atoms with Crippen LogP contribution in [0.5, 0.6) is 0 Å². The first-order chi connectivity index (χ1) is 9.10. The van der Waals surface area contributed by atoms with Crippen molar-refractivity contribution in [3.8, 4) is 6.07 Å². The van der Waals surface area contributed by atoms with Gasteiger partial charge in [-0.05, 0) is 38.3 Å². The Bertz CT molecular complexity index is 522. The van der Waals surface area contributed by atoms with Gasteiger partial charge >= 0.3 is 5.97 Å². The van der Waals surface area contributed by atoms with Gasteiger partial charge in [-0.1, -0.05) is 6.42 Å². The molecule has 5 heteroatoms. The molecular formula is C14H17N3O2. The van der Waals surface area contributed by atoms with E-state index >= 15 is 0 Å². The molecule has 2 N–H and O–H groups in total. The zero-order valence-electron chi connectivity index (χ0n) is 10.9. The second-order valence-electron chi connectivity index (χ2n) is 5.00. The number of aromatic nitrogens is 1. The number of aryl methyl sites for hydroxylation is 1. The van der Waals surface area contributed by atoms with Gasteiger partial charge in [-0.3, -0.25) is 4.79 Å². The number of carboxylic acids is 1. The summed E-state index contributed by atoms with van der Waals surface area (Å²) in [5.41, 5.74) is 1.34. The largest absolute Gasteiger partial charge is 0.481 e. The number of nitriles is 1. The van der Waals surface area contributed by atoms with Crippen LogP contribution in [-0.4, -0.2) is 22.1 Å². The summed E-state index contributed by atoms with van der Waals surface area (Å²) < 4.78 is 0. The highest BCUT2D eigenvalue weighted by Gasteiger charge is 2.27. The molecule has 0 spiro atoms. The third-order valence-electron chi connectivity index (χ3n) is 3.52. The van der Waals surface area contributed by atoms with E-state index in [2.05, 4.69) is 16.4 Å². The molecule has 2 atom stereocenters. The van der Waals surface area contributed by atoms with Gasteiger partial charge in [0.25, 0.3) is 0 Å². The molecule has 0 radical (unpaired) electrons. The summed E-state index contributed by atoms with van der Waals surface area (Å²) in [7, 11) is 0. The highest BCUT2D eigenvalue weighted by atomic mass is 16.4. The van der Waals surface area contributed by atoms with Crippen LogP contribution in [0.3, 0.4) is 0 Å². The normalized spacial score (nSPS) is 22.5. The van der Waals surface area contributed by atoms with Crippen molar-refractivity contribution < 1.29 is 9.90 Å². The Morgan fingerprint density at radius 2 is 2.32 bits per heavy atom. The number of nitrogens with one attached hydrogen (secondary N) is 1. The summed E-state index contributed by atoms with van der Waals surface area (Å²) in [6.45, 7) is 1.87. The van der Waals surface area contributed by atoms with Crippen molar-refractivity contribution in [2.45, 2.75) is 38.6 Å². The summed E-state index contributed by atoms with van der Waals surface area (Å²) in [5.74, 6) is -0.454. The van der Waals surface area contributed by atoms with Crippen LogP contribution in [0.1, 0.15) is 36.9 Å². The van der Waals surface area contributed by atoms with Crippen molar-refractivity contribution in [3.05, 3.63) is 23.4 Å². The molecule has 1 aliphatic carbocycles. The topological polar surface area (TPSA) is 86.0 Å². The maximum atomic E-state index is 11.0. The Labute approximate surface area is 112 Å². The standard InChI is InChI=1S/C14H17N3O2/c1-9-5-6-11(8-15)13(16-9)17-12-4-2-3-10(7-12)14(18)19/h5-6,10,12H,2-4,7H2,1H3,(H,16,17)(H,18,19). The van der Waals surface area contributed by atoms with Crippen LogP contribution in [0, 0.1) is 24.2 Å². The lowest BCUT2D eigenvalue weighted by Gasteiger charge is -2.28. The molecule has 1 heterocycles. The van der Waals surface area contributed by atoms with Crippen LogP contribution in [0.15, 0.2) is 12.1 Å². The van der Waals surface area contributed by atoms with Crippen LogP contribution in [-0.2, 0) is 4.79 Å². The number of carbonyl (C=O) groups is 1. The van der Waals surface area contributed by atoms with Crippen LogP contribution >= 0.6 is 0 Å². The van der Waals surface area contributed by atoms with E-state index < -0.39 is 5.97 Å². The minimum Gasteiger partial charge on any atom is -0.481 e. The lowest BCUT2D eigenvalue weighted by molar-refractivity contribution is -0.142. The lowest BCUT2D eigenvalue weighted by Crippen LogP contribution is -2.31. The minimum atomic E-state index is -0.732. The average Bonchev–Trinajstić information content (AvgIpc) is 2.39. The van der Waals surface area contributed by atoms with E-state index in [4.69, 9.17) is 10.4 Å². The van der Waals surface area contributed by atoms with E-state index in [9.17, 15) is 4.79 Å². The first-order valence-corrected chi connectivity index (χ1v) is 6.47. The third-order valence-corrected chi connectivity index (χ3v) is 3.52. The molecule has 19 heavy (non-hydrogen) atoms. The number of pyridine rings is 1. The first kappa shape index (κ1) is 13.3. The molecule has 5 nitrogen and oxygen atoms in total. The number of anilines is 1. The molecule has 1 saturated carbocycles. The molecule has 0 amide bonds. The molecule has 0 saturated heterocycles. The summed E-state index contributed by atoms with van der Waals surface area (Å²) in [6.07, 6.45) is 3.14. The summed E-state index contributed by atoms with van der Waals surface area (Å²) in [4.78, 5) is 15.4. The van der Waals surface area contributed by atoms with Crippen molar-refractivity contribution in [2.24, 2.45) is 5.92 Å². The predicted octanol–water partition coefficient (Wildman–Crippen LogP) is 2.32. The highest BCUT2D eigenvalue weighted by molar-refractivity contribution is 5.70.